The van der Waals surface area contributed by atoms with Gasteiger partial charge in [-0.2, -0.15) is 0 Å². The highest BCUT2D eigenvalue weighted by molar-refractivity contribution is 6.47. The molecule has 0 bridgehead atoms. The Hall–Kier alpha value is -2.48. The van der Waals surface area contributed by atoms with Gasteiger partial charge in [0.05, 0.1) is 18.3 Å². The average Bonchev–Trinajstić information content (AvgIpc) is 2.67. The van der Waals surface area contributed by atoms with Crippen LogP contribution in [0.25, 0.3) is 0 Å². The number of rotatable bonds is 7. The second-order valence-corrected chi connectivity index (χ2v) is 4.41. The van der Waals surface area contributed by atoms with E-state index >= 15 is 0 Å². The molecule has 6 nitrogen and oxygen atoms in total. The first-order valence-corrected chi connectivity index (χ1v) is 6.47. The van der Waals surface area contributed by atoms with Crippen molar-refractivity contribution in [3.05, 3.63) is 36.5 Å². The van der Waals surface area contributed by atoms with Crippen molar-refractivity contribution in [1.82, 2.24) is 0 Å². The molecular formula is C14H18F2N6. The lowest BCUT2D eigenvalue weighted by molar-refractivity contribution is 0.578. The molecule has 5 N–H and O–H groups in total. The van der Waals surface area contributed by atoms with E-state index in [1.807, 2.05) is 0 Å². The Bertz CT molecular complexity index is 592. The topological polar surface area (TPSA) is 113 Å². The Kier molecular flexibility index (Phi) is 6.97. The molecule has 0 saturated carbocycles. The Balaban J connectivity index is 2.70. The molecule has 0 spiro atoms. The first kappa shape index (κ1) is 17.6. The smallest absolute Gasteiger partial charge is 0.179 e. The molecule has 0 aromatic carbocycles. The summed E-state index contributed by atoms with van der Waals surface area (Å²) in [6.07, 6.45) is 4.13. The molecule has 0 unspecified atom stereocenters. The summed E-state index contributed by atoms with van der Waals surface area (Å²) in [5.41, 5.74) is 11.4. The summed E-state index contributed by atoms with van der Waals surface area (Å²) in [4.78, 5) is 11.5. The van der Waals surface area contributed by atoms with E-state index in [2.05, 4.69) is 21.6 Å². The minimum Gasteiger partial charge on any atom is -0.387 e. The number of amidine groups is 2. The zero-order valence-electron chi connectivity index (χ0n) is 12.0. The van der Waals surface area contributed by atoms with E-state index < -0.39 is 12.5 Å². The molecule has 1 rings (SSSR count). The highest BCUT2D eigenvalue weighted by Crippen LogP contribution is 2.11. The maximum atomic E-state index is 13.2. The number of alkyl halides is 1. The van der Waals surface area contributed by atoms with Crippen LogP contribution in [0.5, 0.6) is 0 Å². The van der Waals surface area contributed by atoms with Gasteiger partial charge in [-0.15, -0.1) is 0 Å². The maximum absolute atomic E-state index is 13.2. The van der Waals surface area contributed by atoms with E-state index in [1.165, 1.54) is 6.20 Å². The normalized spacial score (nSPS) is 16.0. The summed E-state index contributed by atoms with van der Waals surface area (Å²) in [7, 11) is 0. The van der Waals surface area contributed by atoms with E-state index in [0.29, 0.717) is 5.57 Å². The van der Waals surface area contributed by atoms with Crippen LogP contribution >= 0.6 is 0 Å². The van der Waals surface area contributed by atoms with Gasteiger partial charge < -0.3 is 11.5 Å². The average molecular weight is 308 g/mol. The zero-order valence-corrected chi connectivity index (χ0v) is 12.0. The van der Waals surface area contributed by atoms with Crippen molar-refractivity contribution in [2.75, 3.05) is 13.2 Å². The van der Waals surface area contributed by atoms with Crippen molar-refractivity contribution in [3.63, 3.8) is 0 Å². The first-order valence-electron chi connectivity index (χ1n) is 6.47. The van der Waals surface area contributed by atoms with Gasteiger partial charge >= 0.3 is 0 Å². The molecule has 8 heteroatoms. The highest BCUT2D eigenvalue weighted by atomic mass is 19.1. The summed E-state index contributed by atoms with van der Waals surface area (Å²) in [5.74, 6) is -0.485. The lowest BCUT2D eigenvalue weighted by atomic mass is 10.1. The van der Waals surface area contributed by atoms with Crippen LogP contribution in [0, 0.1) is 5.41 Å². The van der Waals surface area contributed by atoms with Crippen LogP contribution < -0.4 is 11.5 Å². The molecule has 0 fully saturated rings. The van der Waals surface area contributed by atoms with Crippen molar-refractivity contribution < 1.29 is 8.78 Å². The molecule has 0 aliphatic carbocycles. The van der Waals surface area contributed by atoms with E-state index in [0.717, 1.165) is 6.20 Å². The van der Waals surface area contributed by atoms with Gasteiger partial charge in [-0.3, -0.25) is 10.4 Å². The minimum atomic E-state index is -0.708. The second-order valence-electron chi connectivity index (χ2n) is 4.41. The van der Waals surface area contributed by atoms with Crippen molar-refractivity contribution in [1.29, 1.82) is 5.41 Å². The SMILES string of the molecule is C=C(C/C=C\N=C(/CN)CF)C(=N)C1=NC=C(F)CC(N)=N1. The Morgan fingerprint density at radius 1 is 1.55 bits per heavy atom. The number of hydrogen-bond donors (Lipinski definition) is 3. The summed E-state index contributed by atoms with van der Waals surface area (Å²) in [6, 6.07) is 0. The van der Waals surface area contributed by atoms with Gasteiger partial charge in [0, 0.05) is 12.7 Å². The molecule has 1 heterocycles. The number of halogens is 2. The molecule has 0 amide bonds. The van der Waals surface area contributed by atoms with Gasteiger partial charge in [-0.1, -0.05) is 12.7 Å². The van der Waals surface area contributed by atoms with E-state index in [4.69, 9.17) is 16.9 Å². The van der Waals surface area contributed by atoms with E-state index in [-0.39, 0.29) is 42.5 Å². The van der Waals surface area contributed by atoms with Gasteiger partial charge in [-0.25, -0.2) is 18.8 Å². The largest absolute Gasteiger partial charge is 0.387 e. The fraction of sp³-hybridized carbons (Fsp3) is 0.286. The van der Waals surface area contributed by atoms with Crippen LogP contribution in [0.1, 0.15) is 12.8 Å². The van der Waals surface area contributed by atoms with Crippen molar-refractivity contribution >= 4 is 23.1 Å². The number of allylic oxidation sites excluding steroid dienone is 1. The standard InChI is InChI=1S/C14H18F2N6/c1-9(3-2-4-20-11(6-15)7-17)13(19)14-21-8-10(16)5-12(18)22-14/h2,4,8,19H,1,3,5-7,17H2,(H2,18,21,22)/b4-2-,19-13?,20-11-. The molecule has 1 aliphatic rings. The Morgan fingerprint density at radius 3 is 2.91 bits per heavy atom. The van der Waals surface area contributed by atoms with Crippen LogP contribution in [0.15, 0.2) is 51.4 Å². The zero-order chi connectivity index (χ0) is 16.5. The van der Waals surface area contributed by atoms with Crippen LogP contribution in [-0.4, -0.2) is 36.3 Å². The third kappa shape index (κ3) is 5.49. The van der Waals surface area contributed by atoms with Crippen molar-refractivity contribution in [3.8, 4) is 0 Å². The Morgan fingerprint density at radius 2 is 2.27 bits per heavy atom. The molecule has 0 aromatic heterocycles. The monoisotopic (exact) mass is 308 g/mol. The van der Waals surface area contributed by atoms with Crippen LogP contribution in [0.4, 0.5) is 8.78 Å². The molecule has 22 heavy (non-hydrogen) atoms. The van der Waals surface area contributed by atoms with Gasteiger partial charge in [0.25, 0.3) is 0 Å². The predicted molar refractivity (Wildman–Crippen MR) is 86.0 cm³/mol. The third-order valence-corrected chi connectivity index (χ3v) is 2.62. The van der Waals surface area contributed by atoms with Crippen molar-refractivity contribution in [2.45, 2.75) is 12.8 Å². The summed E-state index contributed by atoms with van der Waals surface area (Å²) >= 11 is 0. The van der Waals surface area contributed by atoms with E-state index in [1.54, 1.807) is 6.08 Å². The fourth-order valence-electron chi connectivity index (χ4n) is 1.43. The number of nitrogens with two attached hydrogens (primary N) is 2. The summed E-state index contributed by atoms with van der Waals surface area (Å²) in [6.45, 7) is 3.07. The van der Waals surface area contributed by atoms with Crippen LogP contribution in [0.2, 0.25) is 0 Å². The lowest BCUT2D eigenvalue weighted by Crippen LogP contribution is -2.18. The molecule has 0 aromatic rings. The molecule has 118 valence electrons. The summed E-state index contributed by atoms with van der Waals surface area (Å²) in [5, 5.41) is 7.94. The number of nitrogens with one attached hydrogen (secondary N) is 1. The number of hydrogen-bond acceptors (Lipinski definition) is 6. The molecular weight excluding hydrogens is 290 g/mol. The van der Waals surface area contributed by atoms with Crippen LogP contribution in [0.3, 0.4) is 0 Å². The molecule has 0 radical (unpaired) electrons. The number of aliphatic imine (C=N–C) groups is 3. The van der Waals surface area contributed by atoms with Gasteiger partial charge in [0.1, 0.15) is 24.0 Å². The van der Waals surface area contributed by atoms with Gasteiger partial charge in [-0.05, 0) is 12.0 Å². The van der Waals surface area contributed by atoms with E-state index in [9.17, 15) is 8.78 Å². The Labute approximate surface area is 127 Å². The van der Waals surface area contributed by atoms with Gasteiger partial charge in [0.15, 0.2) is 5.84 Å². The summed E-state index contributed by atoms with van der Waals surface area (Å²) < 4.78 is 25.5. The molecule has 1 aliphatic heterocycles. The maximum Gasteiger partial charge on any atom is 0.179 e. The van der Waals surface area contributed by atoms with Gasteiger partial charge in [0.2, 0.25) is 0 Å². The van der Waals surface area contributed by atoms with Crippen molar-refractivity contribution in [2.24, 2.45) is 26.4 Å². The van der Waals surface area contributed by atoms with Crippen LogP contribution in [-0.2, 0) is 0 Å². The third-order valence-electron chi connectivity index (χ3n) is 2.62. The quantitative estimate of drug-likeness (QED) is 0.623. The predicted octanol–water partition coefficient (Wildman–Crippen LogP) is 1.81. The number of nitrogens with zero attached hydrogens (tertiary/aromatic N) is 3. The molecule has 0 saturated heterocycles. The fourth-order valence-corrected chi connectivity index (χ4v) is 1.43. The first-order chi connectivity index (χ1) is 10.5. The lowest BCUT2D eigenvalue weighted by Gasteiger charge is -2.04. The molecule has 0 atom stereocenters. The second kappa shape index (κ2) is 8.73. The minimum absolute atomic E-state index is 0.00143. The highest BCUT2D eigenvalue weighted by Gasteiger charge is 2.13.